The first-order chi connectivity index (χ1) is 16.9. The van der Waals surface area contributed by atoms with Crippen LogP contribution in [-0.4, -0.2) is 55.1 Å². The summed E-state index contributed by atoms with van der Waals surface area (Å²) in [6.07, 6.45) is -0.326. The van der Waals surface area contributed by atoms with Crippen LogP contribution in [0.3, 0.4) is 0 Å². The van der Waals surface area contributed by atoms with Gasteiger partial charge in [-0.2, -0.15) is 0 Å². The average Bonchev–Trinajstić information content (AvgIpc) is 2.82. The maximum absolute atomic E-state index is 13.1. The number of hydroxylamine groups is 1. The third-order valence-corrected chi connectivity index (χ3v) is 11.4. The summed E-state index contributed by atoms with van der Waals surface area (Å²) >= 11 is 0. The number of amidine groups is 1. The molecule has 1 fully saturated rings. The summed E-state index contributed by atoms with van der Waals surface area (Å²) < 4.78 is 20.4. The second-order valence-electron chi connectivity index (χ2n) is 11.2. The van der Waals surface area contributed by atoms with Gasteiger partial charge in [-0.1, -0.05) is 81.4 Å². The Morgan fingerprint density at radius 3 is 2.00 bits per heavy atom. The van der Waals surface area contributed by atoms with Gasteiger partial charge in [0.2, 0.25) is 0 Å². The quantitative estimate of drug-likeness (QED) is 0.250. The van der Waals surface area contributed by atoms with Gasteiger partial charge in [0.05, 0.1) is 6.10 Å². The number of nitrogens with zero attached hydrogens (tertiary/aromatic N) is 1. The molecule has 2 atom stereocenters. The molecule has 1 aliphatic heterocycles. The van der Waals surface area contributed by atoms with E-state index >= 15 is 0 Å². The normalized spacial score (nSPS) is 20.3. The maximum atomic E-state index is 13.1. The van der Waals surface area contributed by atoms with Crippen LogP contribution >= 0.6 is 0 Å². The van der Waals surface area contributed by atoms with Gasteiger partial charge in [0.25, 0.3) is 8.32 Å². The number of nitrogens with one attached hydrogen (secondary N) is 2. The summed E-state index contributed by atoms with van der Waals surface area (Å²) in [6.45, 7) is 12.7. The number of ether oxygens (including phenoxy) is 1. The third-order valence-electron chi connectivity index (χ3n) is 6.33. The van der Waals surface area contributed by atoms with Crippen molar-refractivity contribution >= 4 is 30.6 Å². The van der Waals surface area contributed by atoms with Gasteiger partial charge in [-0.15, -0.1) is 0 Å². The van der Waals surface area contributed by atoms with Crippen molar-refractivity contribution in [2.45, 2.75) is 64.7 Å². The molecule has 2 aromatic rings. The lowest BCUT2D eigenvalue weighted by Gasteiger charge is -2.47. The van der Waals surface area contributed by atoms with Crippen LogP contribution in [0.15, 0.2) is 60.7 Å². The van der Waals surface area contributed by atoms with E-state index in [2.05, 4.69) is 50.4 Å². The Kier molecular flexibility index (Phi) is 7.64. The SMILES string of the molecule is [H]/N=C(\NO)[C@H]1C[C@@H](O[Si](c2ccccc2)(c2ccccc2)C(C)(C)C)CN(C(=O)OC(C)(C)C)C1. The molecule has 0 aliphatic carbocycles. The monoisotopic (exact) mass is 497 g/mol. The number of rotatable bonds is 5. The van der Waals surface area contributed by atoms with Gasteiger partial charge in [0.15, 0.2) is 1.41 Å². The summed E-state index contributed by atoms with van der Waals surface area (Å²) in [5, 5.41) is 15.2. The molecule has 0 saturated carbocycles. The molecule has 0 aromatic heterocycles. The predicted octanol–water partition coefficient (Wildman–Crippen LogP) is 4.14. The van der Waals surface area contributed by atoms with E-state index in [-0.39, 0.29) is 23.5 Å². The lowest BCUT2D eigenvalue weighted by molar-refractivity contribution is 0.000907. The van der Waals surface area contributed by atoms with Crippen LogP contribution in [0.25, 0.3) is 0 Å². The van der Waals surface area contributed by atoms with Crippen molar-refractivity contribution in [3.63, 3.8) is 0 Å². The van der Waals surface area contributed by atoms with Crippen LogP contribution < -0.4 is 15.9 Å². The molecule has 7 nitrogen and oxygen atoms in total. The standard InChI is InChI=1S/C27H39N3O4Si/c1-26(2,3)33-25(31)30-18-20(24(28)29-32)17-21(19-30)34-35(27(4,5)6,22-13-9-7-10-14-22)23-15-11-8-12-16-23/h7-16,20-21,32H,17-19H2,1-6H3,(H2,28,29)/t20-,21+/m0/s1. The van der Waals surface area contributed by atoms with Crippen molar-refractivity contribution in [2.75, 3.05) is 13.1 Å². The van der Waals surface area contributed by atoms with Crippen LogP contribution in [0.4, 0.5) is 4.79 Å². The molecule has 0 radical (unpaired) electrons. The van der Waals surface area contributed by atoms with Gasteiger partial charge in [0.1, 0.15) is 11.4 Å². The van der Waals surface area contributed by atoms with Gasteiger partial charge in [-0.25, -0.2) is 4.79 Å². The molecule has 3 N–H and O–H groups in total. The van der Waals surface area contributed by atoms with Gasteiger partial charge in [0, 0.05) is 19.0 Å². The molecule has 0 unspecified atom stereocenters. The van der Waals surface area contributed by atoms with Crippen LogP contribution in [0, 0.1) is 11.3 Å². The van der Waals surface area contributed by atoms with Crippen molar-refractivity contribution in [3.8, 4) is 0 Å². The van der Waals surface area contributed by atoms with E-state index in [0.717, 1.165) is 10.4 Å². The molecular weight excluding hydrogens is 458 g/mol. The minimum Gasteiger partial charge on any atom is -0.444 e. The number of piperidine rings is 1. The molecule has 0 spiro atoms. The second kappa shape index (κ2) is 10.5. The number of carbonyl (C=O) groups is 1. The summed E-state index contributed by atoms with van der Waals surface area (Å²) in [6, 6.07) is 20.6. The molecule has 1 aliphatic rings. The number of benzene rings is 2. The van der Waals surface area contributed by atoms with Gasteiger partial charge in [-0.3, -0.25) is 16.1 Å². The predicted molar refractivity (Wildman–Crippen MR) is 141 cm³/mol. The van der Waals surface area contributed by atoms with Crippen molar-refractivity contribution in [2.24, 2.45) is 5.92 Å². The average molecular weight is 498 g/mol. The lowest BCUT2D eigenvalue weighted by atomic mass is 9.95. The summed E-state index contributed by atoms with van der Waals surface area (Å²) in [4.78, 5) is 14.7. The number of likely N-dealkylation sites (tertiary alicyclic amines) is 1. The smallest absolute Gasteiger partial charge is 0.410 e. The van der Waals surface area contributed by atoms with E-state index in [1.54, 1.807) is 4.90 Å². The molecule has 8 heteroatoms. The Morgan fingerprint density at radius 1 is 1.03 bits per heavy atom. The molecule has 35 heavy (non-hydrogen) atoms. The van der Waals surface area contributed by atoms with Crippen molar-refractivity contribution in [1.82, 2.24) is 10.4 Å². The molecule has 1 amide bonds. The highest BCUT2D eigenvalue weighted by molar-refractivity contribution is 6.99. The van der Waals surface area contributed by atoms with Crippen molar-refractivity contribution in [3.05, 3.63) is 60.7 Å². The number of hydrogen-bond acceptors (Lipinski definition) is 5. The highest BCUT2D eigenvalue weighted by Gasteiger charge is 2.52. The maximum Gasteiger partial charge on any atom is 0.410 e. The van der Waals surface area contributed by atoms with Gasteiger partial charge >= 0.3 is 6.09 Å². The summed E-state index contributed by atoms with van der Waals surface area (Å²) in [5.41, 5.74) is 1.39. The van der Waals surface area contributed by atoms with Crippen LogP contribution in [-0.2, 0) is 9.16 Å². The van der Waals surface area contributed by atoms with E-state index < -0.39 is 25.9 Å². The number of amides is 1. The minimum atomic E-state index is -2.88. The van der Waals surface area contributed by atoms with E-state index in [4.69, 9.17) is 10.6 Å². The Morgan fingerprint density at radius 2 is 1.57 bits per heavy atom. The first kappa shape index (κ1) is 25.4. The largest absolute Gasteiger partial charge is 0.444 e. The van der Waals surface area contributed by atoms with Crippen molar-refractivity contribution in [1.29, 1.82) is 5.40 Å². The van der Waals surface area contributed by atoms with Crippen LogP contribution in [0.5, 0.6) is 0 Å². The Balaban J connectivity index is 2.08. The number of hydrogen-bond donors (Lipinski definition) is 3. The zero-order chi connectivity index (χ0) is 26.6. The van der Waals surface area contributed by atoms with E-state index in [0.29, 0.717) is 13.0 Å². The van der Waals surface area contributed by atoms with Gasteiger partial charge < -0.3 is 14.1 Å². The van der Waals surface area contributed by atoms with E-state index in [1.807, 2.05) is 62.6 Å². The first-order valence-electron chi connectivity index (χ1n) is 12.5. The Hall–Kier alpha value is -2.68. The highest BCUT2D eigenvalue weighted by Crippen LogP contribution is 2.39. The first-order valence-corrected chi connectivity index (χ1v) is 14.0. The van der Waals surface area contributed by atoms with Crippen molar-refractivity contribution < 1.29 is 20.6 Å². The Labute approximate surface area is 211 Å². The number of carbonyl (C=O) groups excluding carboxylic acids is 1. The zero-order valence-corrected chi connectivity index (χ0v) is 22.6. The zero-order valence-electron chi connectivity index (χ0n) is 22.6. The fourth-order valence-corrected chi connectivity index (χ4v) is 9.53. The second-order valence-corrected chi connectivity index (χ2v) is 15.5. The molecule has 1 saturated heterocycles. The molecule has 2 aromatic carbocycles. The van der Waals surface area contributed by atoms with Crippen LogP contribution in [0.2, 0.25) is 6.45 Å². The summed E-state index contributed by atoms with van der Waals surface area (Å²) in [7, 11) is -2.88. The molecule has 190 valence electrons. The van der Waals surface area contributed by atoms with E-state index in [9.17, 15) is 10.0 Å². The Bertz CT molecular complexity index is 999. The molecule has 1 heterocycles. The van der Waals surface area contributed by atoms with Gasteiger partial charge in [-0.05, 0) is 42.6 Å². The molecule has 0 bridgehead atoms. The lowest BCUT2D eigenvalue weighted by Crippen LogP contribution is -2.69. The van der Waals surface area contributed by atoms with Crippen LogP contribution in [0.1, 0.15) is 48.0 Å². The highest BCUT2D eigenvalue weighted by atomic mass is 28.4. The summed E-state index contributed by atoms with van der Waals surface area (Å²) in [5.74, 6) is -0.309. The third kappa shape index (κ3) is 6.12. The topological polar surface area (TPSA) is 94.9 Å². The molecular formula is C27H39N3O4Si. The minimum absolute atomic E-state index is 0.0966. The molecule has 3 rings (SSSR count). The fourth-order valence-electron chi connectivity index (χ4n) is 4.84. The van der Waals surface area contributed by atoms with E-state index in [1.165, 1.54) is 0 Å². The fraction of sp³-hybridized carbons (Fsp3) is 0.481.